The number of nitrogens with two attached hydrogens (primary N) is 1. The van der Waals surface area contributed by atoms with Gasteiger partial charge in [-0.3, -0.25) is 0 Å². The second-order valence-corrected chi connectivity index (χ2v) is 4.30. The van der Waals surface area contributed by atoms with Crippen molar-refractivity contribution in [2.75, 3.05) is 12.3 Å². The van der Waals surface area contributed by atoms with E-state index in [0.29, 0.717) is 11.6 Å². The van der Waals surface area contributed by atoms with E-state index in [1.807, 2.05) is 0 Å². The largest absolute Gasteiger partial charge is 0.394 e. The second-order valence-electron chi connectivity index (χ2n) is 4.30. The maximum absolute atomic E-state index is 13.7. The molecule has 84 valence electrons. The summed E-state index contributed by atoms with van der Waals surface area (Å²) in [7, 11) is 0. The van der Waals surface area contributed by atoms with E-state index in [9.17, 15) is 4.39 Å². The van der Waals surface area contributed by atoms with Gasteiger partial charge in [0.15, 0.2) is 11.6 Å². The van der Waals surface area contributed by atoms with Crippen LogP contribution in [-0.2, 0) is 6.54 Å². The minimum absolute atomic E-state index is 0.0404. The first kappa shape index (κ1) is 10.4. The molecule has 1 aromatic heterocycles. The molecule has 2 rings (SSSR count). The summed E-state index contributed by atoms with van der Waals surface area (Å²) in [4.78, 5) is 0. The van der Waals surface area contributed by atoms with Gasteiger partial charge in [0.25, 0.3) is 0 Å². The van der Waals surface area contributed by atoms with Crippen LogP contribution in [0, 0.1) is 11.7 Å². The Labute approximate surface area is 87.9 Å². The number of halogens is 1. The van der Waals surface area contributed by atoms with Crippen LogP contribution in [0.3, 0.4) is 0 Å². The highest BCUT2D eigenvalue weighted by Crippen LogP contribution is 2.42. The molecule has 1 aliphatic rings. The van der Waals surface area contributed by atoms with Crippen molar-refractivity contribution in [2.24, 2.45) is 5.92 Å². The van der Waals surface area contributed by atoms with Crippen LogP contribution in [0.2, 0.25) is 0 Å². The molecule has 1 aliphatic carbocycles. The van der Waals surface area contributed by atoms with E-state index in [1.165, 1.54) is 4.68 Å². The van der Waals surface area contributed by atoms with Crippen LogP contribution in [-0.4, -0.2) is 21.5 Å². The summed E-state index contributed by atoms with van der Waals surface area (Å²) < 4.78 is 15.0. The first-order chi connectivity index (χ1) is 7.13. The second kappa shape index (κ2) is 3.81. The third-order valence-corrected chi connectivity index (χ3v) is 3.03. The molecule has 0 amide bonds. The SMILES string of the molecule is CC1CC(c2nn(CCO)c(N)c2F)C1. The molecule has 0 unspecified atom stereocenters. The van der Waals surface area contributed by atoms with Crippen LogP contribution in [0.4, 0.5) is 10.2 Å². The Morgan fingerprint density at radius 3 is 2.80 bits per heavy atom. The van der Waals surface area contributed by atoms with Gasteiger partial charge in [0.1, 0.15) is 5.69 Å². The molecule has 15 heavy (non-hydrogen) atoms. The van der Waals surface area contributed by atoms with Crippen LogP contribution in [0.1, 0.15) is 31.4 Å². The molecule has 4 nitrogen and oxygen atoms in total. The molecule has 0 aliphatic heterocycles. The Balaban J connectivity index is 2.21. The molecular formula is C10H16FN3O. The van der Waals surface area contributed by atoms with E-state index in [1.54, 1.807) is 0 Å². The van der Waals surface area contributed by atoms with Gasteiger partial charge in [-0.1, -0.05) is 6.92 Å². The monoisotopic (exact) mass is 213 g/mol. The fourth-order valence-corrected chi connectivity index (χ4v) is 2.12. The number of nitrogen functional groups attached to an aromatic ring is 1. The lowest BCUT2D eigenvalue weighted by Crippen LogP contribution is -2.20. The van der Waals surface area contributed by atoms with Crippen LogP contribution in [0.5, 0.6) is 0 Å². The van der Waals surface area contributed by atoms with Gasteiger partial charge in [-0.2, -0.15) is 5.10 Å². The Bertz CT molecular complexity index is 358. The molecule has 3 N–H and O–H groups in total. The fraction of sp³-hybridized carbons (Fsp3) is 0.700. The van der Waals surface area contributed by atoms with Gasteiger partial charge in [0.05, 0.1) is 13.2 Å². The van der Waals surface area contributed by atoms with Crippen molar-refractivity contribution in [2.45, 2.75) is 32.2 Å². The third-order valence-electron chi connectivity index (χ3n) is 3.03. The fourth-order valence-electron chi connectivity index (χ4n) is 2.12. The minimum Gasteiger partial charge on any atom is -0.394 e. The van der Waals surface area contributed by atoms with Crippen molar-refractivity contribution < 1.29 is 9.50 Å². The number of rotatable bonds is 3. The Kier molecular flexibility index (Phi) is 2.65. The van der Waals surface area contributed by atoms with Gasteiger partial charge in [0, 0.05) is 5.92 Å². The lowest BCUT2D eigenvalue weighted by Gasteiger charge is -2.31. The third kappa shape index (κ3) is 1.71. The van der Waals surface area contributed by atoms with E-state index < -0.39 is 5.82 Å². The molecule has 1 saturated carbocycles. The number of aliphatic hydroxyl groups excluding tert-OH is 1. The number of aromatic nitrogens is 2. The lowest BCUT2D eigenvalue weighted by molar-refractivity contribution is 0.262. The van der Waals surface area contributed by atoms with Crippen LogP contribution < -0.4 is 5.73 Å². The summed E-state index contributed by atoms with van der Waals surface area (Å²) in [6.45, 7) is 2.32. The summed E-state index contributed by atoms with van der Waals surface area (Å²) in [5.41, 5.74) is 6.03. The van der Waals surface area contributed by atoms with E-state index in [2.05, 4.69) is 12.0 Å². The maximum atomic E-state index is 13.7. The predicted octanol–water partition coefficient (Wildman–Crippen LogP) is 1.11. The molecule has 0 bridgehead atoms. The Morgan fingerprint density at radius 2 is 2.27 bits per heavy atom. The van der Waals surface area contributed by atoms with Gasteiger partial charge >= 0.3 is 0 Å². The van der Waals surface area contributed by atoms with E-state index in [-0.39, 0.29) is 24.9 Å². The van der Waals surface area contributed by atoms with Gasteiger partial charge in [-0.15, -0.1) is 0 Å². The molecule has 0 aromatic carbocycles. The number of aliphatic hydroxyl groups is 1. The molecule has 5 heteroatoms. The number of hydrogen-bond donors (Lipinski definition) is 2. The first-order valence-corrected chi connectivity index (χ1v) is 5.26. The number of nitrogens with zero attached hydrogens (tertiary/aromatic N) is 2. The summed E-state index contributed by atoms with van der Waals surface area (Å²) in [6.07, 6.45) is 1.96. The van der Waals surface area contributed by atoms with Crippen molar-refractivity contribution in [1.29, 1.82) is 0 Å². The summed E-state index contributed by atoms with van der Waals surface area (Å²) in [6, 6.07) is 0. The number of anilines is 1. The zero-order chi connectivity index (χ0) is 11.0. The molecule has 0 spiro atoms. The Hall–Kier alpha value is -1.10. The van der Waals surface area contributed by atoms with Crippen LogP contribution in [0.25, 0.3) is 0 Å². The highest BCUT2D eigenvalue weighted by Gasteiger charge is 2.32. The smallest absolute Gasteiger partial charge is 0.188 e. The summed E-state index contributed by atoms with van der Waals surface area (Å²) >= 11 is 0. The zero-order valence-electron chi connectivity index (χ0n) is 8.78. The molecule has 0 saturated heterocycles. The molecule has 0 radical (unpaired) electrons. The summed E-state index contributed by atoms with van der Waals surface area (Å²) in [5, 5.41) is 12.9. The van der Waals surface area contributed by atoms with Crippen molar-refractivity contribution >= 4 is 5.82 Å². The van der Waals surface area contributed by atoms with Gasteiger partial charge in [-0.25, -0.2) is 9.07 Å². The van der Waals surface area contributed by atoms with E-state index in [4.69, 9.17) is 10.8 Å². The number of hydrogen-bond acceptors (Lipinski definition) is 3. The molecule has 1 heterocycles. The molecule has 1 fully saturated rings. The van der Waals surface area contributed by atoms with Gasteiger partial charge in [0.2, 0.25) is 0 Å². The first-order valence-electron chi connectivity index (χ1n) is 5.26. The van der Waals surface area contributed by atoms with Crippen LogP contribution in [0.15, 0.2) is 0 Å². The normalized spacial score (nSPS) is 25.3. The van der Waals surface area contributed by atoms with Gasteiger partial charge in [-0.05, 0) is 18.8 Å². The average Bonchev–Trinajstić information content (AvgIpc) is 2.42. The lowest BCUT2D eigenvalue weighted by atomic mass is 9.74. The predicted molar refractivity (Wildman–Crippen MR) is 54.8 cm³/mol. The van der Waals surface area contributed by atoms with Crippen molar-refractivity contribution in [3.63, 3.8) is 0 Å². The zero-order valence-corrected chi connectivity index (χ0v) is 8.78. The highest BCUT2D eigenvalue weighted by atomic mass is 19.1. The maximum Gasteiger partial charge on any atom is 0.188 e. The van der Waals surface area contributed by atoms with Crippen molar-refractivity contribution in [3.8, 4) is 0 Å². The van der Waals surface area contributed by atoms with E-state index >= 15 is 0 Å². The molecule has 0 atom stereocenters. The molecule has 1 aromatic rings. The molecular weight excluding hydrogens is 197 g/mol. The Morgan fingerprint density at radius 1 is 1.60 bits per heavy atom. The highest BCUT2D eigenvalue weighted by molar-refractivity contribution is 5.35. The summed E-state index contributed by atoms with van der Waals surface area (Å²) in [5.74, 6) is 0.500. The minimum atomic E-state index is -0.402. The quantitative estimate of drug-likeness (QED) is 0.790. The average molecular weight is 213 g/mol. The standard InChI is InChI=1S/C10H16FN3O/c1-6-4-7(5-6)9-8(11)10(12)14(13-9)2-3-15/h6-7,15H,2-5,12H2,1H3. The van der Waals surface area contributed by atoms with E-state index in [0.717, 1.165) is 12.8 Å². The van der Waals surface area contributed by atoms with Crippen molar-refractivity contribution in [1.82, 2.24) is 9.78 Å². The van der Waals surface area contributed by atoms with Crippen LogP contribution >= 0.6 is 0 Å². The van der Waals surface area contributed by atoms with Gasteiger partial charge < -0.3 is 10.8 Å². The topological polar surface area (TPSA) is 64.1 Å². The van der Waals surface area contributed by atoms with Crippen molar-refractivity contribution in [3.05, 3.63) is 11.5 Å².